The summed E-state index contributed by atoms with van der Waals surface area (Å²) in [4.78, 5) is 22.2. The molecule has 0 bridgehead atoms. The minimum Gasteiger partial charge on any atom is -0.479 e. The molecule has 1 atom stereocenters. The summed E-state index contributed by atoms with van der Waals surface area (Å²) in [6.45, 7) is 0.130. The fraction of sp³-hybridized carbons (Fsp3) is 0.818. The molecule has 0 spiro atoms. The molecule has 0 saturated heterocycles. The van der Waals surface area contributed by atoms with Crippen molar-refractivity contribution in [1.82, 2.24) is 5.32 Å². The number of aliphatic carboxylic acids is 1. The lowest BCUT2D eigenvalue weighted by Crippen LogP contribution is -2.55. The van der Waals surface area contributed by atoms with Gasteiger partial charge in [0.05, 0.1) is 5.54 Å². The highest BCUT2D eigenvalue weighted by molar-refractivity contribution is 5.86. The van der Waals surface area contributed by atoms with Gasteiger partial charge in [-0.15, -0.1) is 0 Å². The van der Waals surface area contributed by atoms with E-state index in [0.29, 0.717) is 12.8 Å². The van der Waals surface area contributed by atoms with E-state index in [1.807, 2.05) is 0 Å². The molecule has 0 heterocycles. The molecule has 17 heavy (non-hydrogen) atoms. The van der Waals surface area contributed by atoms with Gasteiger partial charge in [0.15, 0.2) is 6.10 Å². The van der Waals surface area contributed by atoms with Gasteiger partial charge < -0.3 is 21.3 Å². The lowest BCUT2D eigenvalue weighted by molar-refractivity contribution is -0.147. The minimum atomic E-state index is -1.43. The van der Waals surface area contributed by atoms with Crippen LogP contribution in [0.5, 0.6) is 0 Å². The van der Waals surface area contributed by atoms with Crippen LogP contribution in [0.25, 0.3) is 0 Å². The van der Waals surface area contributed by atoms with E-state index in [1.54, 1.807) is 0 Å². The summed E-state index contributed by atoms with van der Waals surface area (Å²) < 4.78 is 0. The maximum Gasteiger partial charge on any atom is 0.332 e. The quantitative estimate of drug-likeness (QED) is 0.525. The second-order valence-electron chi connectivity index (χ2n) is 4.62. The van der Waals surface area contributed by atoms with Gasteiger partial charge in [0, 0.05) is 13.0 Å². The van der Waals surface area contributed by atoms with Crippen molar-refractivity contribution < 1.29 is 19.8 Å². The van der Waals surface area contributed by atoms with Gasteiger partial charge in [0.2, 0.25) is 5.91 Å². The number of carbonyl (C=O) groups excluding carboxylic acids is 1. The third kappa shape index (κ3) is 3.98. The molecule has 1 rings (SSSR count). The van der Waals surface area contributed by atoms with Crippen LogP contribution in [0.2, 0.25) is 0 Å². The molecule has 1 fully saturated rings. The number of carbonyl (C=O) groups is 2. The number of hydrogen-bond donors (Lipinski definition) is 4. The molecule has 1 aliphatic carbocycles. The smallest absolute Gasteiger partial charge is 0.332 e. The van der Waals surface area contributed by atoms with E-state index in [9.17, 15) is 9.59 Å². The Morgan fingerprint density at radius 3 is 2.41 bits per heavy atom. The van der Waals surface area contributed by atoms with E-state index < -0.39 is 17.6 Å². The average Bonchev–Trinajstić information content (AvgIpc) is 2.29. The monoisotopic (exact) mass is 244 g/mol. The zero-order valence-corrected chi connectivity index (χ0v) is 9.82. The van der Waals surface area contributed by atoms with Crippen molar-refractivity contribution in [2.75, 3.05) is 6.54 Å². The fourth-order valence-electron chi connectivity index (χ4n) is 2.03. The zero-order chi connectivity index (χ0) is 12.9. The number of aliphatic hydroxyl groups is 1. The Hall–Kier alpha value is -1.14. The van der Waals surface area contributed by atoms with Gasteiger partial charge in [-0.05, 0) is 12.8 Å². The second kappa shape index (κ2) is 5.97. The molecule has 0 radical (unpaired) electrons. The van der Waals surface area contributed by atoms with Crippen molar-refractivity contribution in [3.63, 3.8) is 0 Å². The molecule has 5 N–H and O–H groups in total. The lowest BCUT2D eigenvalue weighted by atomic mass is 9.82. The van der Waals surface area contributed by atoms with Crippen molar-refractivity contribution in [3.05, 3.63) is 0 Å². The fourth-order valence-corrected chi connectivity index (χ4v) is 2.03. The van der Waals surface area contributed by atoms with Gasteiger partial charge in [-0.3, -0.25) is 4.79 Å². The molecule has 6 heteroatoms. The van der Waals surface area contributed by atoms with E-state index in [0.717, 1.165) is 19.3 Å². The Kier molecular flexibility index (Phi) is 4.89. The first-order valence-corrected chi connectivity index (χ1v) is 5.94. The van der Waals surface area contributed by atoms with E-state index >= 15 is 0 Å². The molecule has 1 saturated carbocycles. The number of hydrogen-bond acceptors (Lipinski definition) is 4. The topological polar surface area (TPSA) is 113 Å². The predicted molar refractivity (Wildman–Crippen MR) is 61.3 cm³/mol. The Morgan fingerprint density at radius 1 is 1.29 bits per heavy atom. The lowest BCUT2D eigenvalue weighted by Gasteiger charge is -2.31. The molecule has 0 unspecified atom stereocenters. The first-order valence-electron chi connectivity index (χ1n) is 5.94. The number of nitrogens with one attached hydrogen (secondary N) is 1. The Balaban J connectivity index is 2.31. The number of amides is 1. The molecule has 98 valence electrons. The van der Waals surface area contributed by atoms with Crippen LogP contribution in [-0.4, -0.2) is 40.3 Å². The number of carboxylic acids is 1. The molecule has 1 amide bonds. The van der Waals surface area contributed by atoms with Gasteiger partial charge in [0.1, 0.15) is 0 Å². The van der Waals surface area contributed by atoms with Crippen molar-refractivity contribution in [3.8, 4) is 0 Å². The third-order valence-electron chi connectivity index (χ3n) is 3.19. The molecule has 6 nitrogen and oxygen atoms in total. The van der Waals surface area contributed by atoms with Crippen LogP contribution in [0.15, 0.2) is 0 Å². The van der Waals surface area contributed by atoms with Crippen LogP contribution in [0.3, 0.4) is 0 Å². The predicted octanol–water partition coefficient (Wildman–Crippen LogP) is -0.400. The summed E-state index contributed by atoms with van der Waals surface area (Å²) in [5, 5.41) is 20.1. The largest absolute Gasteiger partial charge is 0.479 e. The number of carboxylic acid groups (broad SMARTS) is 1. The van der Waals surface area contributed by atoms with Crippen LogP contribution in [0, 0.1) is 0 Å². The van der Waals surface area contributed by atoms with Crippen molar-refractivity contribution in [2.24, 2.45) is 5.73 Å². The maximum atomic E-state index is 11.8. The molecular weight excluding hydrogens is 224 g/mol. The standard InChI is InChI=1S/C11H20N2O4/c12-11(5-2-1-3-6-11)10(17)13-7-4-8(14)9(15)16/h8,14H,1-7,12H2,(H,13,17)(H,15,16)/t8-/m0/s1. The molecular formula is C11H20N2O4. The van der Waals surface area contributed by atoms with Gasteiger partial charge in [-0.2, -0.15) is 0 Å². The van der Waals surface area contributed by atoms with Crippen LogP contribution < -0.4 is 11.1 Å². The summed E-state index contributed by atoms with van der Waals surface area (Å²) in [7, 11) is 0. The van der Waals surface area contributed by atoms with Gasteiger partial charge in [0.25, 0.3) is 0 Å². The van der Waals surface area contributed by atoms with Crippen LogP contribution in [0.4, 0.5) is 0 Å². The summed E-state index contributed by atoms with van der Waals surface area (Å²) in [6, 6.07) is 0. The molecule has 0 aromatic rings. The molecule has 0 aliphatic heterocycles. The highest BCUT2D eigenvalue weighted by Crippen LogP contribution is 2.25. The molecule has 0 aromatic carbocycles. The van der Waals surface area contributed by atoms with Crippen molar-refractivity contribution >= 4 is 11.9 Å². The van der Waals surface area contributed by atoms with Crippen LogP contribution in [-0.2, 0) is 9.59 Å². The zero-order valence-electron chi connectivity index (χ0n) is 9.82. The Labute approximate surface area is 100 Å². The SMILES string of the molecule is NC1(C(=O)NCC[C@H](O)C(=O)O)CCCCC1. The summed E-state index contributed by atoms with van der Waals surface area (Å²) >= 11 is 0. The minimum absolute atomic E-state index is 0.00282. The summed E-state index contributed by atoms with van der Waals surface area (Å²) in [5.41, 5.74) is 5.18. The highest BCUT2D eigenvalue weighted by Gasteiger charge is 2.34. The number of aliphatic hydroxyl groups excluding tert-OH is 1. The van der Waals surface area contributed by atoms with Crippen LogP contribution >= 0.6 is 0 Å². The number of nitrogens with two attached hydrogens (primary N) is 1. The van der Waals surface area contributed by atoms with Crippen molar-refractivity contribution in [1.29, 1.82) is 0 Å². The number of rotatable bonds is 5. The van der Waals surface area contributed by atoms with Gasteiger partial charge in [-0.25, -0.2) is 4.79 Å². The normalized spacial score (nSPS) is 20.6. The van der Waals surface area contributed by atoms with E-state index in [4.69, 9.17) is 15.9 Å². The molecule has 1 aliphatic rings. The first-order chi connectivity index (χ1) is 7.96. The first kappa shape index (κ1) is 13.9. The summed E-state index contributed by atoms with van der Waals surface area (Å²) in [6.07, 6.45) is 2.89. The molecule has 0 aromatic heterocycles. The van der Waals surface area contributed by atoms with Crippen molar-refractivity contribution in [2.45, 2.75) is 50.2 Å². The van der Waals surface area contributed by atoms with Gasteiger partial charge in [-0.1, -0.05) is 19.3 Å². The van der Waals surface area contributed by atoms with Crippen LogP contribution in [0.1, 0.15) is 38.5 Å². The van der Waals surface area contributed by atoms with E-state index in [1.165, 1.54) is 0 Å². The Morgan fingerprint density at radius 2 is 1.88 bits per heavy atom. The highest BCUT2D eigenvalue weighted by atomic mass is 16.4. The second-order valence-corrected chi connectivity index (χ2v) is 4.62. The van der Waals surface area contributed by atoms with E-state index in [2.05, 4.69) is 5.32 Å². The summed E-state index contributed by atoms with van der Waals surface area (Å²) in [5.74, 6) is -1.52. The van der Waals surface area contributed by atoms with Gasteiger partial charge >= 0.3 is 5.97 Å². The average molecular weight is 244 g/mol. The van der Waals surface area contributed by atoms with E-state index in [-0.39, 0.29) is 18.9 Å². The maximum absolute atomic E-state index is 11.8. The Bertz CT molecular complexity index is 287. The third-order valence-corrected chi connectivity index (χ3v) is 3.19.